The van der Waals surface area contributed by atoms with E-state index in [4.69, 9.17) is 5.73 Å². The first-order valence-corrected chi connectivity index (χ1v) is 7.36. The first kappa shape index (κ1) is 14.9. The van der Waals surface area contributed by atoms with Gasteiger partial charge in [-0.2, -0.15) is 0 Å². The van der Waals surface area contributed by atoms with Gasteiger partial charge < -0.3 is 16.0 Å². The summed E-state index contributed by atoms with van der Waals surface area (Å²) >= 11 is 0. The molecule has 20 heavy (non-hydrogen) atoms. The van der Waals surface area contributed by atoms with Gasteiger partial charge in [0.1, 0.15) is 0 Å². The molecule has 0 spiro atoms. The predicted molar refractivity (Wildman–Crippen MR) is 82.5 cm³/mol. The van der Waals surface area contributed by atoms with Crippen molar-refractivity contribution in [3.05, 3.63) is 29.8 Å². The Bertz CT molecular complexity index is 459. The molecule has 4 heteroatoms. The zero-order valence-electron chi connectivity index (χ0n) is 12.4. The van der Waals surface area contributed by atoms with Crippen molar-refractivity contribution >= 4 is 11.6 Å². The summed E-state index contributed by atoms with van der Waals surface area (Å²) in [4.78, 5) is 14.4. The Morgan fingerprint density at radius 2 is 2.10 bits per heavy atom. The van der Waals surface area contributed by atoms with E-state index < -0.39 is 0 Å². The van der Waals surface area contributed by atoms with Crippen molar-refractivity contribution in [3.63, 3.8) is 0 Å². The van der Waals surface area contributed by atoms with E-state index in [9.17, 15) is 4.79 Å². The van der Waals surface area contributed by atoms with E-state index in [1.54, 1.807) is 0 Å². The van der Waals surface area contributed by atoms with Crippen LogP contribution < -0.4 is 16.0 Å². The van der Waals surface area contributed by atoms with Crippen LogP contribution >= 0.6 is 0 Å². The Hall–Kier alpha value is -1.55. The summed E-state index contributed by atoms with van der Waals surface area (Å²) in [6.45, 7) is 1.20. The minimum absolute atomic E-state index is 0.103. The number of anilines is 1. The van der Waals surface area contributed by atoms with Crippen LogP contribution in [0.5, 0.6) is 0 Å². The van der Waals surface area contributed by atoms with Crippen LogP contribution in [0.1, 0.15) is 24.8 Å². The second kappa shape index (κ2) is 6.75. The lowest BCUT2D eigenvalue weighted by Crippen LogP contribution is -2.35. The zero-order valence-corrected chi connectivity index (χ0v) is 12.4. The number of hydrogen-bond acceptors (Lipinski definition) is 3. The topological polar surface area (TPSA) is 58.4 Å². The van der Waals surface area contributed by atoms with Crippen LogP contribution in [-0.2, 0) is 11.3 Å². The molecule has 4 nitrogen and oxygen atoms in total. The first-order chi connectivity index (χ1) is 9.63. The van der Waals surface area contributed by atoms with Crippen LogP contribution in [0.4, 0.5) is 5.69 Å². The van der Waals surface area contributed by atoms with Gasteiger partial charge in [-0.25, -0.2) is 0 Å². The number of nitrogens with two attached hydrogens (primary N) is 1. The van der Waals surface area contributed by atoms with Gasteiger partial charge in [-0.15, -0.1) is 0 Å². The number of amides is 1. The highest BCUT2D eigenvalue weighted by molar-refractivity contribution is 5.79. The SMILES string of the molecule is CN(C)c1ccccc1CNC(=O)[C@@H]1CCC[C@@H]1CN. The van der Waals surface area contributed by atoms with Gasteiger partial charge in [0.15, 0.2) is 0 Å². The molecule has 0 radical (unpaired) electrons. The predicted octanol–water partition coefficient (Wildman–Crippen LogP) is 1.74. The smallest absolute Gasteiger partial charge is 0.223 e. The van der Waals surface area contributed by atoms with Crippen molar-refractivity contribution in [1.82, 2.24) is 5.32 Å². The third-order valence-corrected chi connectivity index (χ3v) is 4.23. The normalized spacial score (nSPS) is 21.8. The van der Waals surface area contributed by atoms with Gasteiger partial charge in [0.25, 0.3) is 0 Å². The highest BCUT2D eigenvalue weighted by atomic mass is 16.1. The van der Waals surface area contributed by atoms with Crippen molar-refractivity contribution in [2.45, 2.75) is 25.8 Å². The molecular weight excluding hydrogens is 250 g/mol. The number of hydrogen-bond donors (Lipinski definition) is 2. The number of para-hydroxylation sites is 1. The van der Waals surface area contributed by atoms with E-state index >= 15 is 0 Å². The molecule has 0 aliphatic heterocycles. The van der Waals surface area contributed by atoms with E-state index in [2.05, 4.69) is 22.3 Å². The molecule has 1 aliphatic rings. The highest BCUT2D eigenvalue weighted by Gasteiger charge is 2.31. The molecule has 0 bridgehead atoms. The molecule has 2 atom stereocenters. The zero-order chi connectivity index (χ0) is 14.5. The molecule has 0 heterocycles. The van der Waals surface area contributed by atoms with Crippen LogP contribution in [0, 0.1) is 11.8 Å². The number of carbonyl (C=O) groups is 1. The second-order valence-electron chi connectivity index (χ2n) is 5.77. The van der Waals surface area contributed by atoms with Gasteiger partial charge in [-0.1, -0.05) is 24.6 Å². The third kappa shape index (κ3) is 3.31. The summed E-state index contributed by atoms with van der Waals surface area (Å²) in [7, 11) is 4.03. The van der Waals surface area contributed by atoms with Gasteiger partial charge in [-0.05, 0) is 36.9 Å². The fourth-order valence-electron chi connectivity index (χ4n) is 3.07. The largest absolute Gasteiger partial charge is 0.377 e. The van der Waals surface area contributed by atoms with Crippen molar-refractivity contribution in [2.24, 2.45) is 17.6 Å². The Balaban J connectivity index is 1.97. The Labute approximate surface area is 121 Å². The molecule has 1 aromatic carbocycles. The lowest BCUT2D eigenvalue weighted by atomic mass is 9.95. The summed E-state index contributed by atoms with van der Waals surface area (Å²) in [5, 5.41) is 3.08. The minimum atomic E-state index is 0.103. The van der Waals surface area contributed by atoms with Crippen LogP contribution in [0.3, 0.4) is 0 Å². The number of benzene rings is 1. The van der Waals surface area contributed by atoms with Gasteiger partial charge in [0.05, 0.1) is 0 Å². The Kier molecular flexibility index (Phi) is 5.01. The maximum Gasteiger partial charge on any atom is 0.223 e. The Morgan fingerprint density at radius 3 is 2.80 bits per heavy atom. The van der Waals surface area contributed by atoms with Crippen molar-refractivity contribution < 1.29 is 4.79 Å². The number of nitrogens with zero attached hydrogens (tertiary/aromatic N) is 1. The fraction of sp³-hybridized carbons (Fsp3) is 0.562. The molecule has 0 unspecified atom stereocenters. The Morgan fingerprint density at radius 1 is 1.35 bits per heavy atom. The van der Waals surface area contributed by atoms with Crippen LogP contribution in [-0.4, -0.2) is 26.5 Å². The third-order valence-electron chi connectivity index (χ3n) is 4.23. The molecule has 110 valence electrons. The lowest BCUT2D eigenvalue weighted by Gasteiger charge is -2.20. The number of nitrogens with one attached hydrogen (secondary N) is 1. The molecule has 1 aliphatic carbocycles. The van der Waals surface area contributed by atoms with Gasteiger partial charge in [0, 0.05) is 32.2 Å². The summed E-state index contributed by atoms with van der Waals surface area (Å²) in [5.74, 6) is 0.622. The number of rotatable bonds is 5. The van der Waals surface area contributed by atoms with E-state index in [0.717, 1.165) is 30.5 Å². The molecule has 2 rings (SSSR count). The maximum atomic E-state index is 12.3. The van der Waals surface area contributed by atoms with Crippen LogP contribution in [0.15, 0.2) is 24.3 Å². The minimum Gasteiger partial charge on any atom is -0.377 e. The average Bonchev–Trinajstić information content (AvgIpc) is 2.93. The average molecular weight is 275 g/mol. The van der Waals surface area contributed by atoms with Crippen molar-refractivity contribution in [3.8, 4) is 0 Å². The van der Waals surface area contributed by atoms with Gasteiger partial charge >= 0.3 is 0 Å². The molecule has 1 fully saturated rings. The van der Waals surface area contributed by atoms with Crippen LogP contribution in [0.2, 0.25) is 0 Å². The maximum absolute atomic E-state index is 12.3. The molecule has 1 amide bonds. The summed E-state index contributed by atoms with van der Waals surface area (Å²) in [6, 6.07) is 8.15. The molecule has 1 saturated carbocycles. The summed E-state index contributed by atoms with van der Waals surface area (Å²) in [6.07, 6.45) is 3.18. The highest BCUT2D eigenvalue weighted by Crippen LogP contribution is 2.31. The van der Waals surface area contributed by atoms with Crippen molar-refractivity contribution in [2.75, 3.05) is 25.5 Å². The summed E-state index contributed by atoms with van der Waals surface area (Å²) in [5.41, 5.74) is 8.04. The summed E-state index contributed by atoms with van der Waals surface area (Å²) < 4.78 is 0. The van der Waals surface area contributed by atoms with Crippen molar-refractivity contribution in [1.29, 1.82) is 0 Å². The molecule has 0 aromatic heterocycles. The standard InChI is InChI=1S/C16H25N3O/c1-19(2)15-9-4-3-6-13(15)11-18-16(20)14-8-5-7-12(14)10-17/h3-4,6,9,12,14H,5,7-8,10-11,17H2,1-2H3,(H,18,20)/t12-,14-/m1/s1. The van der Waals surface area contributed by atoms with Gasteiger partial charge in [0.2, 0.25) is 5.91 Å². The second-order valence-corrected chi connectivity index (χ2v) is 5.77. The molecular formula is C16H25N3O. The quantitative estimate of drug-likeness (QED) is 0.860. The van der Waals surface area contributed by atoms with E-state index in [0.29, 0.717) is 19.0 Å². The fourth-order valence-corrected chi connectivity index (χ4v) is 3.07. The van der Waals surface area contributed by atoms with Gasteiger partial charge in [-0.3, -0.25) is 4.79 Å². The molecule has 3 N–H and O–H groups in total. The van der Waals surface area contributed by atoms with E-state index in [-0.39, 0.29) is 11.8 Å². The van der Waals surface area contributed by atoms with Crippen LogP contribution in [0.25, 0.3) is 0 Å². The molecule has 0 saturated heterocycles. The van der Waals surface area contributed by atoms with E-state index in [1.807, 2.05) is 26.2 Å². The van der Waals surface area contributed by atoms with E-state index in [1.165, 1.54) is 0 Å². The number of carbonyl (C=O) groups excluding carboxylic acids is 1. The lowest BCUT2D eigenvalue weighted by molar-refractivity contribution is -0.126. The first-order valence-electron chi connectivity index (χ1n) is 7.36. The molecule has 1 aromatic rings. The monoisotopic (exact) mass is 275 g/mol.